The second kappa shape index (κ2) is 3.95. The lowest BCUT2D eigenvalue weighted by Gasteiger charge is -1.94. The molecule has 0 bridgehead atoms. The fourth-order valence-electron chi connectivity index (χ4n) is 1.53. The van der Waals surface area contributed by atoms with Gasteiger partial charge in [-0.3, -0.25) is 0 Å². The number of anilines is 1. The van der Waals surface area contributed by atoms with E-state index in [1.54, 1.807) is 24.5 Å². The number of aryl methyl sites for hydroxylation is 1. The Morgan fingerprint density at radius 3 is 2.83 bits per heavy atom. The van der Waals surface area contributed by atoms with Crippen LogP contribution in [0.1, 0.15) is 0 Å². The molecule has 0 aliphatic heterocycles. The summed E-state index contributed by atoms with van der Waals surface area (Å²) in [5.41, 5.74) is 6.73. The number of aromatic nitrogens is 5. The number of rotatable bonds is 2. The molecular formula is C11H10N6O. The highest BCUT2D eigenvalue weighted by Crippen LogP contribution is 2.19. The van der Waals surface area contributed by atoms with Crippen molar-refractivity contribution in [2.75, 3.05) is 5.73 Å². The maximum atomic E-state index is 5.56. The molecule has 0 saturated heterocycles. The molecule has 0 fully saturated rings. The molecule has 3 aromatic rings. The standard InChI is InChI=1S/C11H10N6O/c1-17-5-4-13-10(17)9-15-11(18-16-9)8-3-2-7(12)6-14-8/h2-6H,12H2,1H3. The van der Waals surface area contributed by atoms with Gasteiger partial charge in [-0.15, -0.1) is 0 Å². The van der Waals surface area contributed by atoms with E-state index in [9.17, 15) is 0 Å². The molecule has 2 N–H and O–H groups in total. The molecule has 0 radical (unpaired) electrons. The Bertz CT molecular complexity index is 669. The minimum Gasteiger partial charge on any atom is -0.397 e. The molecule has 0 spiro atoms. The number of imidazole rings is 1. The third kappa shape index (κ3) is 1.71. The Morgan fingerprint density at radius 2 is 2.17 bits per heavy atom. The first-order valence-electron chi connectivity index (χ1n) is 5.27. The van der Waals surface area contributed by atoms with Gasteiger partial charge < -0.3 is 14.8 Å². The van der Waals surface area contributed by atoms with Crippen LogP contribution in [0.4, 0.5) is 5.69 Å². The zero-order valence-corrected chi connectivity index (χ0v) is 9.61. The minimum absolute atomic E-state index is 0.341. The smallest absolute Gasteiger partial charge is 0.276 e. The Labute approximate surface area is 102 Å². The summed E-state index contributed by atoms with van der Waals surface area (Å²) in [4.78, 5) is 12.5. The van der Waals surface area contributed by atoms with E-state index in [-0.39, 0.29) is 0 Å². The van der Waals surface area contributed by atoms with E-state index < -0.39 is 0 Å². The highest BCUT2D eigenvalue weighted by Gasteiger charge is 2.14. The summed E-state index contributed by atoms with van der Waals surface area (Å²) in [6, 6.07) is 3.46. The molecule has 0 atom stereocenters. The van der Waals surface area contributed by atoms with Gasteiger partial charge in [0, 0.05) is 19.4 Å². The quantitative estimate of drug-likeness (QED) is 0.723. The van der Waals surface area contributed by atoms with Gasteiger partial charge in [0.1, 0.15) is 5.69 Å². The van der Waals surface area contributed by atoms with Gasteiger partial charge in [-0.05, 0) is 12.1 Å². The van der Waals surface area contributed by atoms with Crippen LogP contribution in [-0.4, -0.2) is 24.7 Å². The lowest BCUT2D eigenvalue weighted by Crippen LogP contribution is -1.93. The first-order valence-corrected chi connectivity index (χ1v) is 5.27. The SMILES string of the molecule is Cn1ccnc1-c1noc(-c2ccc(N)cn2)n1. The average molecular weight is 242 g/mol. The Kier molecular flexibility index (Phi) is 2.30. The van der Waals surface area contributed by atoms with Gasteiger partial charge in [-0.1, -0.05) is 5.16 Å². The number of pyridine rings is 1. The largest absolute Gasteiger partial charge is 0.397 e. The third-order valence-corrected chi connectivity index (χ3v) is 2.45. The van der Waals surface area contributed by atoms with Crippen LogP contribution in [0.25, 0.3) is 23.2 Å². The Morgan fingerprint density at radius 1 is 1.28 bits per heavy atom. The van der Waals surface area contributed by atoms with Crippen LogP contribution in [0, 0.1) is 0 Å². The minimum atomic E-state index is 0.341. The second-order valence-electron chi connectivity index (χ2n) is 3.76. The van der Waals surface area contributed by atoms with Crippen molar-refractivity contribution < 1.29 is 4.52 Å². The van der Waals surface area contributed by atoms with E-state index in [4.69, 9.17) is 10.3 Å². The van der Waals surface area contributed by atoms with E-state index in [0.717, 1.165) is 0 Å². The maximum absolute atomic E-state index is 5.56. The van der Waals surface area contributed by atoms with E-state index in [0.29, 0.717) is 28.9 Å². The van der Waals surface area contributed by atoms with Crippen LogP contribution < -0.4 is 5.73 Å². The van der Waals surface area contributed by atoms with Gasteiger partial charge in [-0.2, -0.15) is 4.98 Å². The zero-order chi connectivity index (χ0) is 12.5. The van der Waals surface area contributed by atoms with Gasteiger partial charge in [0.2, 0.25) is 5.82 Å². The number of nitrogen functional groups attached to an aromatic ring is 1. The molecule has 0 saturated carbocycles. The van der Waals surface area contributed by atoms with Crippen LogP contribution in [0.3, 0.4) is 0 Å². The van der Waals surface area contributed by atoms with Gasteiger partial charge >= 0.3 is 0 Å². The predicted molar refractivity (Wildman–Crippen MR) is 64.1 cm³/mol. The molecule has 18 heavy (non-hydrogen) atoms. The molecule has 0 aliphatic rings. The van der Waals surface area contributed by atoms with Crippen LogP contribution in [0.15, 0.2) is 35.2 Å². The van der Waals surface area contributed by atoms with Crippen LogP contribution >= 0.6 is 0 Å². The highest BCUT2D eigenvalue weighted by atomic mass is 16.5. The van der Waals surface area contributed by atoms with E-state index in [2.05, 4.69) is 20.1 Å². The second-order valence-corrected chi connectivity index (χ2v) is 3.76. The van der Waals surface area contributed by atoms with Crippen LogP contribution in [0.5, 0.6) is 0 Å². The summed E-state index contributed by atoms with van der Waals surface area (Å²) in [5, 5.41) is 3.88. The van der Waals surface area contributed by atoms with E-state index in [1.807, 2.05) is 17.8 Å². The lowest BCUT2D eigenvalue weighted by molar-refractivity contribution is 0.430. The number of hydrogen-bond acceptors (Lipinski definition) is 6. The Balaban J connectivity index is 1.99. The topological polar surface area (TPSA) is 95.7 Å². The van der Waals surface area contributed by atoms with Crippen molar-refractivity contribution in [2.24, 2.45) is 7.05 Å². The first kappa shape index (κ1) is 10.5. The van der Waals surface area contributed by atoms with Crippen molar-refractivity contribution in [1.29, 1.82) is 0 Å². The number of nitrogens with zero attached hydrogens (tertiary/aromatic N) is 5. The Hall–Kier alpha value is -2.70. The normalized spacial score (nSPS) is 10.7. The number of nitrogens with two attached hydrogens (primary N) is 1. The monoisotopic (exact) mass is 242 g/mol. The van der Waals surface area contributed by atoms with E-state index in [1.165, 1.54) is 0 Å². The molecule has 0 amide bonds. The van der Waals surface area contributed by atoms with Gasteiger partial charge in [0.25, 0.3) is 5.89 Å². The summed E-state index contributed by atoms with van der Waals surface area (Å²) in [6.07, 6.45) is 5.03. The molecule has 0 aliphatic carbocycles. The lowest BCUT2D eigenvalue weighted by atomic mass is 10.3. The maximum Gasteiger partial charge on any atom is 0.276 e. The summed E-state index contributed by atoms with van der Waals surface area (Å²) in [5.74, 6) is 1.41. The van der Waals surface area contributed by atoms with Crippen molar-refractivity contribution in [3.05, 3.63) is 30.7 Å². The van der Waals surface area contributed by atoms with Crippen LogP contribution in [0.2, 0.25) is 0 Å². The molecule has 3 heterocycles. The molecule has 7 nitrogen and oxygen atoms in total. The van der Waals surface area contributed by atoms with Crippen molar-refractivity contribution >= 4 is 5.69 Å². The molecule has 3 aromatic heterocycles. The number of hydrogen-bond donors (Lipinski definition) is 1. The summed E-state index contributed by atoms with van der Waals surface area (Å²) in [6.45, 7) is 0. The van der Waals surface area contributed by atoms with Gasteiger partial charge in [0.15, 0.2) is 5.82 Å². The third-order valence-electron chi connectivity index (χ3n) is 2.45. The van der Waals surface area contributed by atoms with Gasteiger partial charge in [-0.25, -0.2) is 9.97 Å². The van der Waals surface area contributed by atoms with Crippen LogP contribution in [-0.2, 0) is 7.05 Å². The summed E-state index contributed by atoms with van der Waals surface area (Å²) < 4.78 is 6.96. The van der Waals surface area contributed by atoms with E-state index >= 15 is 0 Å². The van der Waals surface area contributed by atoms with Crippen molar-refractivity contribution in [1.82, 2.24) is 24.7 Å². The molecular weight excluding hydrogens is 232 g/mol. The fraction of sp³-hybridized carbons (Fsp3) is 0.0909. The molecule has 3 rings (SSSR count). The first-order chi connectivity index (χ1) is 8.74. The predicted octanol–water partition coefficient (Wildman–Crippen LogP) is 1.11. The molecule has 0 unspecified atom stereocenters. The summed E-state index contributed by atoms with van der Waals surface area (Å²) in [7, 11) is 1.86. The highest BCUT2D eigenvalue weighted by molar-refractivity contribution is 5.53. The average Bonchev–Trinajstić information content (AvgIpc) is 2.98. The molecule has 7 heteroatoms. The van der Waals surface area contributed by atoms with Crippen molar-refractivity contribution in [2.45, 2.75) is 0 Å². The van der Waals surface area contributed by atoms with Gasteiger partial charge in [0.05, 0.1) is 11.9 Å². The van der Waals surface area contributed by atoms with Crippen molar-refractivity contribution in [3.63, 3.8) is 0 Å². The fourth-order valence-corrected chi connectivity index (χ4v) is 1.53. The molecule has 0 aromatic carbocycles. The summed E-state index contributed by atoms with van der Waals surface area (Å²) >= 11 is 0. The van der Waals surface area contributed by atoms with Crippen molar-refractivity contribution in [3.8, 4) is 23.2 Å². The molecule has 90 valence electrons. The zero-order valence-electron chi connectivity index (χ0n) is 9.61.